The number of thiazole rings is 1. The van der Waals surface area contributed by atoms with Crippen LogP contribution in [0.15, 0.2) is 17.8 Å². The van der Waals surface area contributed by atoms with Crippen molar-refractivity contribution < 1.29 is 0 Å². The Balaban J connectivity index is 1.46. The SMILES string of the molecule is c1cn2cc(CN3CCNC4(CCCCC4)C3)nc2s1. The average Bonchev–Trinajstić information content (AvgIpc) is 3.00. The number of aromatic nitrogens is 2. The van der Waals surface area contributed by atoms with Crippen molar-refractivity contribution in [3.05, 3.63) is 23.5 Å². The van der Waals surface area contributed by atoms with Crippen LogP contribution < -0.4 is 5.32 Å². The lowest BCUT2D eigenvalue weighted by molar-refractivity contribution is 0.0937. The van der Waals surface area contributed by atoms with Crippen molar-refractivity contribution in [3.63, 3.8) is 0 Å². The second-order valence-electron chi connectivity index (χ2n) is 6.30. The van der Waals surface area contributed by atoms with Crippen molar-refractivity contribution in [1.29, 1.82) is 0 Å². The summed E-state index contributed by atoms with van der Waals surface area (Å²) in [5, 5.41) is 5.90. The minimum absolute atomic E-state index is 0.396. The predicted molar refractivity (Wildman–Crippen MR) is 82.2 cm³/mol. The first-order valence-corrected chi connectivity index (χ1v) is 8.60. The van der Waals surface area contributed by atoms with Gasteiger partial charge < -0.3 is 5.32 Å². The predicted octanol–water partition coefficient (Wildman–Crippen LogP) is 2.50. The molecule has 1 N–H and O–H groups in total. The maximum Gasteiger partial charge on any atom is 0.193 e. The Hall–Kier alpha value is -0.910. The molecule has 20 heavy (non-hydrogen) atoms. The number of nitrogens with zero attached hydrogens (tertiary/aromatic N) is 3. The highest BCUT2D eigenvalue weighted by Crippen LogP contribution is 2.31. The van der Waals surface area contributed by atoms with E-state index in [0.29, 0.717) is 5.54 Å². The fourth-order valence-corrected chi connectivity index (χ4v) is 4.54. The molecular formula is C15H22N4S. The zero-order chi connectivity index (χ0) is 13.4. The molecule has 0 bridgehead atoms. The Morgan fingerprint density at radius 2 is 2.20 bits per heavy atom. The van der Waals surface area contributed by atoms with Gasteiger partial charge in [0.15, 0.2) is 4.96 Å². The first-order valence-electron chi connectivity index (χ1n) is 7.72. The highest BCUT2D eigenvalue weighted by Gasteiger charge is 2.36. The Morgan fingerprint density at radius 1 is 1.30 bits per heavy atom. The zero-order valence-corrected chi connectivity index (χ0v) is 12.7. The summed E-state index contributed by atoms with van der Waals surface area (Å²) >= 11 is 1.71. The van der Waals surface area contributed by atoms with Crippen molar-refractivity contribution in [2.24, 2.45) is 0 Å². The van der Waals surface area contributed by atoms with Gasteiger partial charge in [0.05, 0.1) is 5.69 Å². The van der Waals surface area contributed by atoms with Crippen LogP contribution in [0.4, 0.5) is 0 Å². The summed E-state index contributed by atoms with van der Waals surface area (Å²) in [5.74, 6) is 0. The lowest BCUT2D eigenvalue weighted by Crippen LogP contribution is -2.60. The minimum atomic E-state index is 0.396. The highest BCUT2D eigenvalue weighted by atomic mass is 32.1. The first-order chi connectivity index (χ1) is 9.83. The number of imidazole rings is 1. The number of rotatable bonds is 2. The van der Waals surface area contributed by atoms with Crippen molar-refractivity contribution in [3.8, 4) is 0 Å². The second-order valence-corrected chi connectivity index (χ2v) is 7.18. The number of piperazine rings is 1. The van der Waals surface area contributed by atoms with Gasteiger partial charge in [-0.05, 0) is 12.8 Å². The van der Waals surface area contributed by atoms with Crippen LogP contribution in [-0.2, 0) is 6.54 Å². The molecule has 4 nitrogen and oxygen atoms in total. The molecule has 2 fully saturated rings. The van der Waals surface area contributed by atoms with Gasteiger partial charge in [0.25, 0.3) is 0 Å². The fraction of sp³-hybridized carbons (Fsp3) is 0.667. The summed E-state index contributed by atoms with van der Waals surface area (Å²) < 4.78 is 2.14. The van der Waals surface area contributed by atoms with Gasteiger partial charge in [0.2, 0.25) is 0 Å². The third-order valence-electron chi connectivity index (χ3n) is 4.79. The molecule has 3 heterocycles. The quantitative estimate of drug-likeness (QED) is 0.922. The van der Waals surface area contributed by atoms with Crippen LogP contribution in [0.5, 0.6) is 0 Å². The van der Waals surface area contributed by atoms with Crippen molar-refractivity contribution in [1.82, 2.24) is 19.6 Å². The van der Waals surface area contributed by atoms with E-state index >= 15 is 0 Å². The molecule has 0 amide bonds. The molecule has 2 aromatic rings. The topological polar surface area (TPSA) is 32.6 Å². The number of fused-ring (bicyclic) bond motifs is 1. The second kappa shape index (κ2) is 5.13. The van der Waals surface area contributed by atoms with Crippen LogP contribution in [0.1, 0.15) is 37.8 Å². The van der Waals surface area contributed by atoms with Crippen molar-refractivity contribution in [2.75, 3.05) is 19.6 Å². The molecule has 2 aromatic heterocycles. The van der Waals surface area contributed by atoms with Crippen molar-refractivity contribution >= 4 is 16.3 Å². The lowest BCUT2D eigenvalue weighted by atomic mass is 9.80. The maximum absolute atomic E-state index is 4.72. The van der Waals surface area contributed by atoms with E-state index in [9.17, 15) is 0 Å². The zero-order valence-electron chi connectivity index (χ0n) is 11.8. The van der Waals surface area contributed by atoms with E-state index in [1.165, 1.54) is 44.3 Å². The van der Waals surface area contributed by atoms with E-state index in [2.05, 4.69) is 32.4 Å². The molecule has 0 atom stereocenters. The Kier molecular flexibility index (Phi) is 3.28. The van der Waals surface area contributed by atoms with E-state index in [0.717, 1.165) is 24.6 Å². The molecule has 0 radical (unpaired) electrons. The molecule has 1 saturated heterocycles. The van der Waals surface area contributed by atoms with E-state index in [1.807, 2.05) is 0 Å². The number of hydrogen-bond acceptors (Lipinski definition) is 4. The molecule has 1 spiro atoms. The summed E-state index contributed by atoms with van der Waals surface area (Å²) in [6, 6.07) is 0. The van der Waals surface area contributed by atoms with Crippen LogP contribution in [0.3, 0.4) is 0 Å². The number of hydrogen-bond donors (Lipinski definition) is 1. The van der Waals surface area contributed by atoms with Gasteiger partial charge in [0, 0.05) is 49.5 Å². The van der Waals surface area contributed by atoms with Crippen LogP contribution in [-0.4, -0.2) is 39.5 Å². The van der Waals surface area contributed by atoms with Gasteiger partial charge >= 0.3 is 0 Å². The van der Waals surface area contributed by atoms with Gasteiger partial charge in [-0.3, -0.25) is 9.30 Å². The van der Waals surface area contributed by atoms with Gasteiger partial charge in [-0.15, -0.1) is 11.3 Å². The van der Waals surface area contributed by atoms with E-state index in [1.54, 1.807) is 11.3 Å². The van der Waals surface area contributed by atoms with Gasteiger partial charge in [-0.25, -0.2) is 4.98 Å². The first kappa shape index (κ1) is 12.8. The Morgan fingerprint density at radius 3 is 3.05 bits per heavy atom. The van der Waals surface area contributed by atoms with Gasteiger partial charge in [-0.2, -0.15) is 0 Å². The number of nitrogens with one attached hydrogen (secondary N) is 1. The third kappa shape index (κ3) is 2.38. The molecule has 1 saturated carbocycles. The normalized spacial score (nSPS) is 23.6. The average molecular weight is 290 g/mol. The third-order valence-corrected chi connectivity index (χ3v) is 5.56. The fourth-order valence-electron chi connectivity index (χ4n) is 3.82. The van der Waals surface area contributed by atoms with Crippen molar-refractivity contribution in [2.45, 2.75) is 44.2 Å². The van der Waals surface area contributed by atoms with Crippen LogP contribution >= 0.6 is 11.3 Å². The molecule has 4 rings (SSSR count). The molecule has 0 aromatic carbocycles. The Labute approximate surface area is 123 Å². The monoisotopic (exact) mass is 290 g/mol. The smallest absolute Gasteiger partial charge is 0.193 e. The van der Waals surface area contributed by atoms with Crippen LogP contribution in [0, 0.1) is 0 Å². The maximum atomic E-state index is 4.72. The molecule has 5 heteroatoms. The van der Waals surface area contributed by atoms with E-state index in [-0.39, 0.29) is 0 Å². The van der Waals surface area contributed by atoms with Crippen LogP contribution in [0.2, 0.25) is 0 Å². The lowest BCUT2D eigenvalue weighted by Gasteiger charge is -2.46. The molecule has 1 aliphatic carbocycles. The highest BCUT2D eigenvalue weighted by molar-refractivity contribution is 7.15. The molecule has 108 valence electrons. The van der Waals surface area contributed by atoms with E-state index in [4.69, 9.17) is 4.98 Å². The summed E-state index contributed by atoms with van der Waals surface area (Å²) in [6.45, 7) is 4.46. The summed E-state index contributed by atoms with van der Waals surface area (Å²) in [6.07, 6.45) is 11.2. The Bertz CT molecular complexity index is 547. The molecule has 0 unspecified atom stereocenters. The minimum Gasteiger partial charge on any atom is -0.309 e. The summed E-state index contributed by atoms with van der Waals surface area (Å²) in [5.41, 5.74) is 1.61. The van der Waals surface area contributed by atoms with Crippen LogP contribution in [0.25, 0.3) is 4.96 Å². The largest absolute Gasteiger partial charge is 0.309 e. The molecule has 1 aliphatic heterocycles. The van der Waals surface area contributed by atoms with Gasteiger partial charge in [-0.1, -0.05) is 19.3 Å². The van der Waals surface area contributed by atoms with Gasteiger partial charge in [0.1, 0.15) is 0 Å². The van der Waals surface area contributed by atoms with E-state index < -0.39 is 0 Å². The summed E-state index contributed by atoms with van der Waals surface area (Å²) in [4.78, 5) is 8.42. The standard InChI is InChI=1S/C15H22N4S/c1-2-4-15(5-3-1)12-18(7-6-16-15)10-13-11-19-8-9-20-14(19)17-13/h8-9,11,16H,1-7,10,12H2. The molecule has 2 aliphatic rings. The molecular weight excluding hydrogens is 268 g/mol. The summed E-state index contributed by atoms with van der Waals surface area (Å²) in [7, 11) is 0.